The molecule has 3 heterocycles. The van der Waals surface area contributed by atoms with Gasteiger partial charge in [-0.25, -0.2) is 9.78 Å². The van der Waals surface area contributed by atoms with Gasteiger partial charge in [0.05, 0.1) is 24.2 Å². The first-order chi connectivity index (χ1) is 13.9. The van der Waals surface area contributed by atoms with E-state index in [2.05, 4.69) is 15.0 Å². The van der Waals surface area contributed by atoms with E-state index < -0.39 is 17.2 Å². The molecule has 0 spiro atoms. The zero-order valence-electron chi connectivity index (χ0n) is 16.3. The number of ether oxygens (including phenoxy) is 2. The van der Waals surface area contributed by atoms with Crippen molar-refractivity contribution in [2.45, 2.75) is 32.2 Å². The Kier molecular flexibility index (Phi) is 4.57. The number of benzene rings is 1. The second-order valence-electron chi connectivity index (χ2n) is 6.94. The lowest BCUT2D eigenvalue weighted by Gasteiger charge is -2.28. The first kappa shape index (κ1) is 18.7. The molecule has 0 saturated carbocycles. The molecule has 0 amide bonds. The van der Waals surface area contributed by atoms with Crippen molar-refractivity contribution < 1.29 is 9.47 Å². The minimum Gasteiger partial charge on any atom is -0.497 e. The fourth-order valence-electron chi connectivity index (χ4n) is 3.54. The summed E-state index contributed by atoms with van der Waals surface area (Å²) < 4.78 is 12.7. The van der Waals surface area contributed by atoms with Gasteiger partial charge in [-0.1, -0.05) is 19.1 Å². The third-order valence-electron chi connectivity index (χ3n) is 5.28. The van der Waals surface area contributed by atoms with Gasteiger partial charge in [-0.2, -0.15) is 0 Å². The lowest BCUT2D eigenvalue weighted by molar-refractivity contribution is 0.393. The fourth-order valence-corrected chi connectivity index (χ4v) is 3.54. The van der Waals surface area contributed by atoms with Gasteiger partial charge in [-0.3, -0.25) is 20.2 Å². The van der Waals surface area contributed by atoms with E-state index in [4.69, 9.17) is 14.9 Å². The first-order valence-electron chi connectivity index (χ1n) is 9.28. The molecule has 0 saturated heterocycles. The van der Waals surface area contributed by atoms with E-state index in [1.807, 2.05) is 26.0 Å². The number of aromatic amines is 2. The summed E-state index contributed by atoms with van der Waals surface area (Å²) in [5.74, 6) is 0.282. The van der Waals surface area contributed by atoms with Gasteiger partial charge in [0.25, 0.3) is 5.56 Å². The summed E-state index contributed by atoms with van der Waals surface area (Å²) in [6.45, 7) is 4.02. The lowest BCUT2D eigenvalue weighted by Crippen LogP contribution is -2.36. The fraction of sp³-hybridized carbons (Fsp3) is 0.300. The van der Waals surface area contributed by atoms with Crippen LogP contribution >= 0.6 is 0 Å². The summed E-state index contributed by atoms with van der Waals surface area (Å²) >= 11 is 0. The molecule has 0 aliphatic carbocycles. The molecule has 3 aromatic rings. The third-order valence-corrected chi connectivity index (χ3v) is 5.28. The predicted octanol–water partition coefficient (Wildman–Crippen LogP) is 2.00. The van der Waals surface area contributed by atoms with E-state index in [9.17, 15) is 9.59 Å². The maximum atomic E-state index is 12.7. The van der Waals surface area contributed by atoms with Crippen LogP contribution in [0.4, 0.5) is 0 Å². The molecule has 1 aliphatic rings. The van der Waals surface area contributed by atoms with Crippen LogP contribution in [-0.2, 0) is 0 Å². The monoisotopic (exact) mass is 395 g/mol. The van der Waals surface area contributed by atoms with Gasteiger partial charge in [0.15, 0.2) is 0 Å². The summed E-state index contributed by atoms with van der Waals surface area (Å²) in [5, 5.41) is 8.80. The topological polar surface area (TPSA) is 126 Å². The minimum absolute atomic E-state index is 0.0419. The number of H-pyrrole nitrogens is 2. The second kappa shape index (κ2) is 7.08. The highest BCUT2D eigenvalue weighted by Gasteiger charge is 2.35. The number of rotatable bonds is 4. The third kappa shape index (κ3) is 3.04. The molecule has 3 N–H and O–H groups in total. The maximum absolute atomic E-state index is 12.7. The molecule has 2 aromatic heterocycles. The van der Waals surface area contributed by atoms with Crippen molar-refractivity contribution in [3.05, 3.63) is 73.6 Å². The number of hydrogen-bond donors (Lipinski definition) is 3. The highest BCUT2D eigenvalue weighted by atomic mass is 16.5. The number of aromatic nitrogens is 4. The van der Waals surface area contributed by atoms with Crippen LogP contribution in [0.25, 0.3) is 0 Å². The van der Waals surface area contributed by atoms with Crippen LogP contribution in [0, 0.1) is 5.41 Å². The van der Waals surface area contributed by atoms with Crippen molar-refractivity contribution >= 4 is 0 Å². The van der Waals surface area contributed by atoms with E-state index in [0.717, 1.165) is 12.0 Å². The van der Waals surface area contributed by atoms with Crippen molar-refractivity contribution in [1.82, 2.24) is 19.5 Å². The Morgan fingerprint density at radius 2 is 1.97 bits per heavy atom. The van der Waals surface area contributed by atoms with Crippen LogP contribution in [0.1, 0.15) is 48.9 Å². The molecule has 29 heavy (non-hydrogen) atoms. The van der Waals surface area contributed by atoms with E-state index in [0.29, 0.717) is 11.3 Å². The van der Waals surface area contributed by atoms with E-state index >= 15 is 0 Å². The van der Waals surface area contributed by atoms with Gasteiger partial charge in [0, 0.05) is 6.04 Å². The molecule has 0 radical (unpaired) electrons. The van der Waals surface area contributed by atoms with Gasteiger partial charge >= 0.3 is 5.69 Å². The predicted molar refractivity (Wildman–Crippen MR) is 105 cm³/mol. The van der Waals surface area contributed by atoms with Gasteiger partial charge in [0.2, 0.25) is 11.8 Å². The smallest absolute Gasteiger partial charge is 0.328 e. The molecule has 0 fully saturated rings. The van der Waals surface area contributed by atoms with Gasteiger partial charge in [0.1, 0.15) is 17.6 Å². The zero-order valence-corrected chi connectivity index (χ0v) is 16.3. The van der Waals surface area contributed by atoms with Gasteiger partial charge < -0.3 is 14.0 Å². The van der Waals surface area contributed by atoms with Crippen LogP contribution in [0.15, 0.2) is 40.2 Å². The zero-order chi connectivity index (χ0) is 20.7. The van der Waals surface area contributed by atoms with Crippen molar-refractivity contribution in [1.29, 1.82) is 5.41 Å². The van der Waals surface area contributed by atoms with Crippen molar-refractivity contribution in [3.63, 3.8) is 0 Å². The number of fused-ring (bicyclic) bond motifs is 2. The second-order valence-corrected chi connectivity index (χ2v) is 6.94. The van der Waals surface area contributed by atoms with Crippen molar-refractivity contribution in [3.8, 4) is 17.5 Å². The maximum Gasteiger partial charge on any atom is 0.328 e. The Hall–Kier alpha value is -3.62. The number of methoxy groups -OCH3 is 1. The Bertz CT molecular complexity index is 1240. The van der Waals surface area contributed by atoms with E-state index in [1.54, 1.807) is 30.1 Å². The van der Waals surface area contributed by atoms with Crippen LogP contribution in [-0.4, -0.2) is 26.6 Å². The summed E-state index contributed by atoms with van der Waals surface area (Å²) in [7, 11) is 1.57. The van der Waals surface area contributed by atoms with Crippen molar-refractivity contribution in [2.75, 3.05) is 7.11 Å². The first-order valence-corrected chi connectivity index (χ1v) is 9.28. The SMILES string of the molecule is CCC(C)n1cnc2c(c1=N)C(c1ccc(OC)cc1)c1c([nH]c(=O)[nH]c1=O)O2. The molecule has 4 rings (SSSR count). The van der Waals surface area contributed by atoms with Gasteiger partial charge in [-0.15, -0.1) is 0 Å². The summed E-state index contributed by atoms with van der Waals surface area (Å²) in [5.41, 5.74) is 0.450. The molecule has 1 aromatic carbocycles. The molecular weight excluding hydrogens is 374 g/mol. The van der Waals surface area contributed by atoms with E-state index in [-0.39, 0.29) is 28.9 Å². The average molecular weight is 395 g/mol. The molecule has 1 aliphatic heterocycles. The van der Waals surface area contributed by atoms with E-state index in [1.165, 1.54) is 0 Å². The Morgan fingerprint density at radius 3 is 2.62 bits per heavy atom. The summed E-state index contributed by atoms with van der Waals surface area (Å²) in [6, 6.07) is 7.27. The lowest BCUT2D eigenvalue weighted by atomic mass is 9.85. The molecule has 9 nitrogen and oxygen atoms in total. The molecule has 2 atom stereocenters. The van der Waals surface area contributed by atoms with Gasteiger partial charge in [-0.05, 0) is 31.0 Å². The normalized spacial score (nSPS) is 15.8. The summed E-state index contributed by atoms with van der Waals surface area (Å²) in [6.07, 6.45) is 2.37. The molecule has 2 unspecified atom stereocenters. The standard InChI is InChI=1S/C20H21N5O4/c1-4-10(2)25-9-22-18-14(16(25)21)13(11-5-7-12(28-3)8-6-11)15-17(26)23-20(27)24-19(15)29-18/h5-10,13,21H,4H2,1-3H3,(H2,23,24,26,27). The molecule has 9 heteroatoms. The minimum atomic E-state index is -0.664. The molecule has 150 valence electrons. The Morgan fingerprint density at radius 1 is 1.24 bits per heavy atom. The van der Waals surface area contributed by atoms with Crippen LogP contribution < -0.4 is 26.2 Å². The Balaban J connectivity index is 2.03. The van der Waals surface area contributed by atoms with Crippen LogP contribution in [0.2, 0.25) is 0 Å². The Labute approximate surface area is 165 Å². The van der Waals surface area contributed by atoms with Crippen LogP contribution in [0.3, 0.4) is 0 Å². The number of nitrogens with zero attached hydrogens (tertiary/aromatic N) is 2. The largest absolute Gasteiger partial charge is 0.497 e. The number of nitrogens with one attached hydrogen (secondary N) is 3. The quantitative estimate of drug-likeness (QED) is 0.487. The molecule has 0 bridgehead atoms. The highest BCUT2D eigenvalue weighted by molar-refractivity contribution is 5.53. The number of hydrogen-bond acceptors (Lipinski definition) is 6. The van der Waals surface area contributed by atoms with Crippen molar-refractivity contribution in [2.24, 2.45) is 0 Å². The van der Waals surface area contributed by atoms with Crippen LogP contribution in [0.5, 0.6) is 17.5 Å². The summed E-state index contributed by atoms with van der Waals surface area (Å²) in [4.78, 5) is 33.7. The molecular formula is C20H21N5O4. The average Bonchev–Trinajstić information content (AvgIpc) is 2.72. The highest BCUT2D eigenvalue weighted by Crippen LogP contribution is 2.42.